The third kappa shape index (κ3) is 6.07. The summed E-state index contributed by atoms with van der Waals surface area (Å²) >= 11 is 0. The number of piperazine rings is 1. The lowest BCUT2D eigenvalue weighted by atomic mass is 9.88. The Kier molecular flexibility index (Phi) is 8.57. The Balaban J connectivity index is 1.13. The Labute approximate surface area is 222 Å². The number of amides is 2. The molecule has 6 nitrogen and oxygen atoms in total. The third-order valence-corrected chi connectivity index (χ3v) is 8.82. The summed E-state index contributed by atoms with van der Waals surface area (Å²) < 4.78 is 0. The van der Waals surface area contributed by atoms with Crippen LogP contribution in [0.15, 0.2) is 60.7 Å². The molecule has 3 heterocycles. The predicted molar refractivity (Wildman–Crippen MR) is 147 cm³/mol. The van der Waals surface area contributed by atoms with Crippen molar-refractivity contribution in [1.82, 2.24) is 19.6 Å². The molecule has 37 heavy (non-hydrogen) atoms. The molecule has 2 aromatic carbocycles. The zero-order chi connectivity index (χ0) is 25.6. The molecule has 0 bridgehead atoms. The fourth-order valence-corrected chi connectivity index (χ4v) is 6.46. The fraction of sp³-hybridized carbons (Fsp3) is 0.548. The van der Waals surface area contributed by atoms with Crippen LogP contribution in [0.4, 0.5) is 0 Å². The van der Waals surface area contributed by atoms with Crippen molar-refractivity contribution >= 4 is 11.8 Å². The van der Waals surface area contributed by atoms with Crippen molar-refractivity contribution in [1.29, 1.82) is 0 Å². The molecule has 198 valence electrons. The highest BCUT2D eigenvalue weighted by Gasteiger charge is 2.35. The molecule has 0 aromatic heterocycles. The molecule has 2 amide bonds. The molecule has 3 saturated heterocycles. The first-order valence-corrected chi connectivity index (χ1v) is 14.3. The topological polar surface area (TPSA) is 47.1 Å². The lowest BCUT2D eigenvalue weighted by molar-refractivity contribution is -0.139. The molecule has 2 aromatic rings. The van der Waals surface area contributed by atoms with Gasteiger partial charge in [-0.25, -0.2) is 0 Å². The van der Waals surface area contributed by atoms with Gasteiger partial charge in [-0.1, -0.05) is 67.6 Å². The number of likely N-dealkylation sites (N-methyl/N-ethyl adjacent to an activating group) is 1. The predicted octanol–water partition coefficient (Wildman–Crippen LogP) is 3.69. The summed E-state index contributed by atoms with van der Waals surface area (Å²) in [4.78, 5) is 36.0. The quantitative estimate of drug-likeness (QED) is 0.605. The van der Waals surface area contributed by atoms with E-state index in [1.54, 1.807) is 0 Å². The van der Waals surface area contributed by atoms with Crippen LogP contribution in [0.3, 0.4) is 0 Å². The highest BCUT2D eigenvalue weighted by atomic mass is 16.2. The molecule has 0 aliphatic carbocycles. The van der Waals surface area contributed by atoms with Crippen LogP contribution in [0.5, 0.6) is 0 Å². The summed E-state index contributed by atoms with van der Waals surface area (Å²) in [6, 6.07) is 20.9. The molecule has 0 saturated carbocycles. The molecular formula is C31H42N4O2. The second kappa shape index (κ2) is 12.2. The molecule has 0 N–H and O–H groups in total. The summed E-state index contributed by atoms with van der Waals surface area (Å²) in [6.07, 6.45) is 3.96. The van der Waals surface area contributed by atoms with Crippen molar-refractivity contribution in [2.75, 3.05) is 58.9 Å². The molecule has 0 radical (unpaired) electrons. The van der Waals surface area contributed by atoms with E-state index in [9.17, 15) is 9.59 Å². The average molecular weight is 503 g/mol. The molecule has 3 aliphatic heterocycles. The van der Waals surface area contributed by atoms with E-state index in [1.165, 1.54) is 0 Å². The number of rotatable bonds is 6. The number of benzene rings is 2. The Hall–Kier alpha value is -2.70. The molecule has 0 spiro atoms. The SMILES string of the molecule is CCN1CCN(C(=O)C2CCN(C3CCN(C(=O)C(c4ccccc4)c4ccccc4)CC3)CC2)CC1. The van der Waals surface area contributed by atoms with E-state index in [0.717, 1.165) is 95.7 Å². The number of carbonyl (C=O) groups is 2. The van der Waals surface area contributed by atoms with Crippen LogP contribution in [-0.4, -0.2) is 96.4 Å². The van der Waals surface area contributed by atoms with Gasteiger partial charge in [-0.2, -0.15) is 0 Å². The van der Waals surface area contributed by atoms with Crippen LogP contribution < -0.4 is 0 Å². The molecular weight excluding hydrogens is 460 g/mol. The van der Waals surface area contributed by atoms with Gasteiger partial charge in [0.05, 0.1) is 5.92 Å². The van der Waals surface area contributed by atoms with Gasteiger partial charge in [-0.15, -0.1) is 0 Å². The summed E-state index contributed by atoms with van der Waals surface area (Å²) in [5, 5.41) is 0. The Morgan fingerprint density at radius 3 is 1.76 bits per heavy atom. The lowest BCUT2D eigenvalue weighted by Gasteiger charge is -2.43. The summed E-state index contributed by atoms with van der Waals surface area (Å²) in [6.45, 7) is 10.7. The van der Waals surface area contributed by atoms with Crippen molar-refractivity contribution in [2.45, 2.75) is 44.6 Å². The maximum absolute atomic E-state index is 13.8. The van der Waals surface area contributed by atoms with Crippen molar-refractivity contribution in [3.8, 4) is 0 Å². The molecule has 3 fully saturated rings. The molecule has 5 rings (SSSR count). The summed E-state index contributed by atoms with van der Waals surface area (Å²) in [5.41, 5.74) is 2.12. The minimum Gasteiger partial charge on any atom is -0.342 e. The second-order valence-corrected chi connectivity index (χ2v) is 10.9. The smallest absolute Gasteiger partial charge is 0.234 e. The first-order valence-electron chi connectivity index (χ1n) is 14.3. The fourth-order valence-electron chi connectivity index (χ4n) is 6.46. The van der Waals surface area contributed by atoms with Gasteiger partial charge in [-0.3, -0.25) is 9.59 Å². The number of hydrogen-bond acceptors (Lipinski definition) is 4. The highest BCUT2D eigenvalue weighted by molar-refractivity contribution is 5.87. The first-order chi connectivity index (χ1) is 18.1. The van der Waals surface area contributed by atoms with Crippen molar-refractivity contribution in [3.63, 3.8) is 0 Å². The van der Waals surface area contributed by atoms with E-state index in [-0.39, 0.29) is 17.7 Å². The van der Waals surface area contributed by atoms with Gasteiger partial charge in [0, 0.05) is 51.2 Å². The van der Waals surface area contributed by atoms with Gasteiger partial charge in [0.2, 0.25) is 11.8 Å². The number of carbonyl (C=O) groups excluding carboxylic acids is 2. The average Bonchev–Trinajstić information content (AvgIpc) is 2.98. The van der Waals surface area contributed by atoms with Gasteiger partial charge in [0.1, 0.15) is 0 Å². The van der Waals surface area contributed by atoms with Crippen LogP contribution >= 0.6 is 0 Å². The summed E-state index contributed by atoms with van der Waals surface area (Å²) in [5.74, 6) is 0.524. The van der Waals surface area contributed by atoms with E-state index in [4.69, 9.17) is 0 Å². The van der Waals surface area contributed by atoms with E-state index < -0.39 is 0 Å². The van der Waals surface area contributed by atoms with E-state index >= 15 is 0 Å². The lowest BCUT2D eigenvalue weighted by Crippen LogP contribution is -2.53. The van der Waals surface area contributed by atoms with E-state index in [1.807, 2.05) is 36.4 Å². The monoisotopic (exact) mass is 502 g/mol. The number of likely N-dealkylation sites (tertiary alicyclic amines) is 2. The molecule has 0 atom stereocenters. The minimum atomic E-state index is -0.250. The Morgan fingerprint density at radius 1 is 0.703 bits per heavy atom. The van der Waals surface area contributed by atoms with Gasteiger partial charge in [-0.05, 0) is 56.4 Å². The Bertz CT molecular complexity index is 967. The van der Waals surface area contributed by atoms with Crippen LogP contribution in [0.25, 0.3) is 0 Å². The van der Waals surface area contributed by atoms with Gasteiger partial charge in [0.25, 0.3) is 0 Å². The van der Waals surface area contributed by atoms with Crippen LogP contribution in [0.2, 0.25) is 0 Å². The van der Waals surface area contributed by atoms with Gasteiger partial charge < -0.3 is 19.6 Å². The third-order valence-electron chi connectivity index (χ3n) is 8.82. The van der Waals surface area contributed by atoms with Crippen LogP contribution in [0, 0.1) is 5.92 Å². The number of piperidine rings is 2. The molecule has 6 heteroatoms. The van der Waals surface area contributed by atoms with E-state index in [2.05, 4.69) is 50.8 Å². The van der Waals surface area contributed by atoms with Crippen molar-refractivity contribution in [2.24, 2.45) is 5.92 Å². The zero-order valence-electron chi connectivity index (χ0n) is 22.3. The number of nitrogens with zero attached hydrogens (tertiary/aromatic N) is 4. The normalized spacial score (nSPS) is 20.9. The second-order valence-electron chi connectivity index (χ2n) is 10.9. The minimum absolute atomic E-state index is 0.184. The molecule has 3 aliphatic rings. The highest BCUT2D eigenvalue weighted by Crippen LogP contribution is 2.30. The largest absolute Gasteiger partial charge is 0.342 e. The first kappa shape index (κ1) is 25.9. The number of hydrogen-bond donors (Lipinski definition) is 0. The summed E-state index contributed by atoms with van der Waals surface area (Å²) in [7, 11) is 0. The van der Waals surface area contributed by atoms with Crippen LogP contribution in [-0.2, 0) is 9.59 Å². The maximum atomic E-state index is 13.8. The maximum Gasteiger partial charge on any atom is 0.234 e. The molecule has 0 unspecified atom stereocenters. The zero-order valence-corrected chi connectivity index (χ0v) is 22.3. The standard InChI is InChI=1S/C31H42N4O2/c1-2-32-21-23-35(24-22-32)30(36)27-13-17-33(18-14-27)28-15-19-34(20-16-28)31(37)29(25-9-5-3-6-10-25)26-11-7-4-8-12-26/h3-12,27-29H,2,13-24H2,1H3. The van der Waals surface area contributed by atoms with E-state index in [0.29, 0.717) is 11.9 Å². The van der Waals surface area contributed by atoms with Gasteiger partial charge >= 0.3 is 0 Å². The van der Waals surface area contributed by atoms with Crippen molar-refractivity contribution < 1.29 is 9.59 Å². The van der Waals surface area contributed by atoms with Gasteiger partial charge in [0.15, 0.2) is 0 Å². The Morgan fingerprint density at radius 2 is 1.24 bits per heavy atom. The van der Waals surface area contributed by atoms with Crippen molar-refractivity contribution in [3.05, 3.63) is 71.8 Å². The van der Waals surface area contributed by atoms with Crippen LogP contribution in [0.1, 0.15) is 49.7 Å².